The van der Waals surface area contributed by atoms with Crippen LogP contribution >= 0.6 is 11.8 Å². The van der Waals surface area contributed by atoms with E-state index < -0.39 is 8.32 Å². The second-order valence-corrected chi connectivity index (χ2v) is 19.3. The van der Waals surface area contributed by atoms with E-state index in [0.29, 0.717) is 13.0 Å². The van der Waals surface area contributed by atoms with E-state index in [1.54, 1.807) is 0 Å². The molecule has 6 nitrogen and oxygen atoms in total. The van der Waals surface area contributed by atoms with Crippen molar-refractivity contribution in [1.29, 1.82) is 0 Å². The fourth-order valence-corrected chi connectivity index (χ4v) is 6.44. The van der Waals surface area contributed by atoms with Crippen molar-refractivity contribution in [2.75, 3.05) is 46.1 Å². The van der Waals surface area contributed by atoms with Gasteiger partial charge in [0.15, 0.2) is 8.32 Å². The zero-order chi connectivity index (χ0) is 31.2. The third kappa shape index (κ3) is 21.7. The van der Waals surface area contributed by atoms with E-state index in [9.17, 15) is 9.59 Å². The molecule has 0 radical (unpaired) electrons. The van der Waals surface area contributed by atoms with Crippen molar-refractivity contribution >= 4 is 31.3 Å². The lowest BCUT2D eigenvalue weighted by Gasteiger charge is -2.36. The van der Waals surface area contributed by atoms with Crippen molar-refractivity contribution in [3.63, 3.8) is 0 Å². The molecule has 1 amide bonds. The number of nitrogens with zero attached hydrogens (tertiary/aromatic N) is 2. The van der Waals surface area contributed by atoms with Crippen molar-refractivity contribution in [1.82, 2.24) is 9.80 Å². The van der Waals surface area contributed by atoms with Gasteiger partial charge in [-0.15, -0.1) is 0 Å². The van der Waals surface area contributed by atoms with Gasteiger partial charge < -0.3 is 19.0 Å². The zero-order valence-corrected chi connectivity index (χ0v) is 30.5. The molecule has 244 valence electrons. The number of amides is 1. The molecule has 0 bridgehead atoms. The lowest BCUT2D eigenvalue weighted by molar-refractivity contribution is -0.150. The van der Waals surface area contributed by atoms with Gasteiger partial charge in [0, 0.05) is 38.4 Å². The number of rotatable bonds is 25. The smallest absolute Gasteiger partial charge is 0.306 e. The van der Waals surface area contributed by atoms with Crippen LogP contribution in [0, 0.1) is 0 Å². The van der Waals surface area contributed by atoms with E-state index >= 15 is 0 Å². The molecular weight excluding hydrogens is 549 g/mol. The van der Waals surface area contributed by atoms with Crippen LogP contribution in [-0.4, -0.2) is 81.5 Å². The first kappa shape index (κ1) is 40.4. The first-order chi connectivity index (χ1) is 19.3. The fraction of sp³-hybridized carbons (Fsp3) is 0.939. The first-order valence-electron chi connectivity index (χ1n) is 16.7. The van der Waals surface area contributed by atoms with E-state index in [1.807, 2.05) is 19.0 Å². The fourth-order valence-electron chi connectivity index (χ4n) is 4.35. The molecular formula is C33H68N2O4SSi. The minimum absolute atomic E-state index is 0.0454. The molecule has 8 heteroatoms. The van der Waals surface area contributed by atoms with Gasteiger partial charge in [-0.05, 0) is 77.2 Å². The van der Waals surface area contributed by atoms with Gasteiger partial charge in [0.05, 0.1) is 0 Å². The van der Waals surface area contributed by atoms with Crippen molar-refractivity contribution in [2.45, 2.75) is 155 Å². The lowest BCUT2D eigenvalue weighted by atomic mass is 10.0. The van der Waals surface area contributed by atoms with Crippen LogP contribution in [0.2, 0.25) is 18.1 Å². The molecule has 0 aromatic rings. The Morgan fingerprint density at radius 3 is 1.88 bits per heavy atom. The SMILES string of the molecule is CCCCCCC(CCCCCC)OC(=O)CCCCCN(CCCO[Si](C)(C)C(C)(C)C)C(=O)SCCN(C)C. The Balaban J connectivity index is 4.63. The summed E-state index contributed by atoms with van der Waals surface area (Å²) in [6, 6.07) is 0. The lowest BCUT2D eigenvalue weighted by Crippen LogP contribution is -2.41. The van der Waals surface area contributed by atoms with Crippen LogP contribution in [0.4, 0.5) is 4.79 Å². The summed E-state index contributed by atoms with van der Waals surface area (Å²) in [5.74, 6) is 0.753. The number of hydrogen-bond acceptors (Lipinski definition) is 6. The molecule has 0 aromatic carbocycles. The van der Waals surface area contributed by atoms with Crippen LogP contribution in [0.25, 0.3) is 0 Å². The van der Waals surface area contributed by atoms with Crippen LogP contribution in [0.15, 0.2) is 0 Å². The van der Waals surface area contributed by atoms with Crippen molar-refractivity contribution in [3.05, 3.63) is 0 Å². The van der Waals surface area contributed by atoms with Gasteiger partial charge in [0.25, 0.3) is 5.24 Å². The predicted octanol–water partition coefficient (Wildman–Crippen LogP) is 9.53. The van der Waals surface area contributed by atoms with E-state index in [1.165, 1.54) is 50.3 Å². The van der Waals surface area contributed by atoms with Gasteiger partial charge >= 0.3 is 5.97 Å². The maximum atomic E-state index is 13.0. The van der Waals surface area contributed by atoms with E-state index in [-0.39, 0.29) is 22.4 Å². The van der Waals surface area contributed by atoms with Crippen LogP contribution in [-0.2, 0) is 14.0 Å². The normalized spacial score (nSPS) is 12.4. The molecule has 0 saturated heterocycles. The van der Waals surface area contributed by atoms with Gasteiger partial charge in [0.2, 0.25) is 0 Å². The molecule has 0 fully saturated rings. The Hall–Kier alpha value is -0.573. The molecule has 0 N–H and O–H groups in total. The topological polar surface area (TPSA) is 59.1 Å². The summed E-state index contributed by atoms with van der Waals surface area (Å²) in [5, 5.41) is 0.350. The van der Waals surface area contributed by atoms with E-state index in [2.05, 4.69) is 52.6 Å². The molecule has 0 rings (SSSR count). The average molecular weight is 617 g/mol. The van der Waals surface area contributed by atoms with E-state index in [0.717, 1.165) is 76.8 Å². The highest BCUT2D eigenvalue weighted by atomic mass is 32.2. The third-order valence-electron chi connectivity index (χ3n) is 8.23. The Kier molecular flexibility index (Phi) is 23.5. The summed E-state index contributed by atoms with van der Waals surface area (Å²) in [5.41, 5.74) is 0. The summed E-state index contributed by atoms with van der Waals surface area (Å²) in [7, 11) is 2.29. The number of carbonyl (C=O) groups excluding carboxylic acids is 2. The first-order valence-corrected chi connectivity index (χ1v) is 20.6. The van der Waals surface area contributed by atoms with E-state index in [4.69, 9.17) is 9.16 Å². The van der Waals surface area contributed by atoms with Gasteiger partial charge in [-0.25, -0.2) is 0 Å². The number of ether oxygens (including phenoxy) is 1. The third-order valence-corrected chi connectivity index (χ3v) is 13.7. The van der Waals surface area contributed by atoms with Crippen molar-refractivity contribution < 1.29 is 18.8 Å². The summed E-state index contributed by atoms with van der Waals surface area (Å²) >= 11 is 1.41. The van der Waals surface area contributed by atoms with Crippen LogP contribution in [0.3, 0.4) is 0 Å². The van der Waals surface area contributed by atoms with Gasteiger partial charge in [-0.2, -0.15) is 0 Å². The van der Waals surface area contributed by atoms with Crippen LogP contribution < -0.4 is 0 Å². The second kappa shape index (κ2) is 23.8. The zero-order valence-electron chi connectivity index (χ0n) is 28.7. The highest BCUT2D eigenvalue weighted by Crippen LogP contribution is 2.36. The largest absolute Gasteiger partial charge is 0.462 e. The van der Waals surface area contributed by atoms with Crippen LogP contribution in [0.1, 0.15) is 131 Å². The standard InChI is InChI=1S/C33H68N2O4SSi/c1-10-12-14-17-22-30(23-18-15-13-11-2)39-31(36)24-19-16-20-25-35(32(37)40-29-27-34(6)7)26-21-28-38-41(8,9)33(3,4)5/h30H,10-29H2,1-9H3. The van der Waals surface area contributed by atoms with Crippen molar-refractivity contribution in [3.8, 4) is 0 Å². The van der Waals surface area contributed by atoms with Gasteiger partial charge in [0.1, 0.15) is 6.10 Å². The van der Waals surface area contributed by atoms with Gasteiger partial charge in [-0.3, -0.25) is 9.59 Å². The Labute approximate surface area is 260 Å². The van der Waals surface area contributed by atoms with Gasteiger partial charge in [-0.1, -0.05) is 91.3 Å². The Morgan fingerprint density at radius 1 is 0.780 bits per heavy atom. The molecule has 0 unspecified atom stereocenters. The molecule has 0 saturated carbocycles. The Bertz CT molecular complexity index is 658. The maximum absolute atomic E-state index is 13.0. The Morgan fingerprint density at radius 2 is 1.34 bits per heavy atom. The highest BCUT2D eigenvalue weighted by Gasteiger charge is 2.36. The summed E-state index contributed by atoms with van der Waals surface area (Å²) in [4.78, 5) is 29.7. The monoisotopic (exact) mass is 616 g/mol. The average Bonchev–Trinajstić information content (AvgIpc) is 2.88. The number of unbranched alkanes of at least 4 members (excludes halogenated alkanes) is 8. The summed E-state index contributed by atoms with van der Waals surface area (Å²) in [6.07, 6.45) is 15.8. The maximum Gasteiger partial charge on any atom is 0.306 e. The molecule has 0 aliphatic carbocycles. The number of hydrogen-bond donors (Lipinski definition) is 0. The molecule has 41 heavy (non-hydrogen) atoms. The minimum Gasteiger partial charge on any atom is -0.462 e. The van der Waals surface area contributed by atoms with Crippen LogP contribution in [0.5, 0.6) is 0 Å². The summed E-state index contributed by atoms with van der Waals surface area (Å²) < 4.78 is 12.3. The number of esters is 1. The molecule has 0 aliphatic rings. The number of thioether (sulfide) groups is 1. The van der Waals surface area contributed by atoms with Crippen molar-refractivity contribution in [2.24, 2.45) is 0 Å². The predicted molar refractivity (Wildman–Crippen MR) is 182 cm³/mol. The summed E-state index contributed by atoms with van der Waals surface area (Å²) in [6.45, 7) is 18.8. The molecule has 0 aromatic heterocycles. The second-order valence-electron chi connectivity index (χ2n) is 13.5. The highest BCUT2D eigenvalue weighted by molar-refractivity contribution is 8.13. The molecule has 0 spiro atoms. The number of carbonyl (C=O) groups is 2. The molecule has 0 atom stereocenters. The minimum atomic E-state index is -1.78. The quantitative estimate of drug-likeness (QED) is 0.0578. The molecule has 0 heterocycles. The molecule has 0 aliphatic heterocycles.